The molecular weight excluding hydrogens is 263 g/mol. The van der Waals surface area contributed by atoms with Crippen LogP contribution in [-0.2, 0) is 7.05 Å². The van der Waals surface area contributed by atoms with Crippen molar-refractivity contribution in [1.29, 1.82) is 0 Å². The summed E-state index contributed by atoms with van der Waals surface area (Å²) in [4.78, 5) is 0. The Bertz CT molecular complexity index is 431. The number of aryl methyl sites for hydroxylation is 2. The van der Waals surface area contributed by atoms with Crippen LogP contribution in [0, 0.1) is 10.6 Å². The number of hydrogen-bond acceptors (Lipinski definition) is 1. The molecular formula is C9H9IN2. The maximum Gasteiger partial charge on any atom is 0.131 e. The van der Waals surface area contributed by atoms with E-state index >= 15 is 0 Å². The Morgan fingerprint density at radius 1 is 1.42 bits per heavy atom. The molecule has 1 heterocycles. The van der Waals surface area contributed by atoms with Crippen LogP contribution in [0.4, 0.5) is 0 Å². The van der Waals surface area contributed by atoms with Crippen LogP contribution in [0.1, 0.15) is 5.56 Å². The molecule has 62 valence electrons. The standard InChI is InChI=1S/C9H9IN2/c1-6-4-3-5-7-8(6)9(10)11-12(7)2/h3-5H,1-2H3. The third-order valence-corrected chi connectivity index (χ3v) is 2.80. The highest BCUT2D eigenvalue weighted by Crippen LogP contribution is 2.22. The molecule has 2 aromatic rings. The van der Waals surface area contributed by atoms with Crippen molar-refractivity contribution in [3.8, 4) is 0 Å². The number of aromatic nitrogens is 2. The number of hydrogen-bond donors (Lipinski definition) is 0. The lowest BCUT2D eigenvalue weighted by molar-refractivity contribution is 0.787. The first-order chi connectivity index (χ1) is 5.70. The number of halogens is 1. The lowest BCUT2D eigenvalue weighted by atomic mass is 10.1. The highest BCUT2D eigenvalue weighted by Gasteiger charge is 2.06. The number of nitrogens with zero attached hydrogens (tertiary/aromatic N) is 2. The Hall–Kier alpha value is -0.580. The molecule has 0 atom stereocenters. The van der Waals surface area contributed by atoms with E-state index in [-0.39, 0.29) is 0 Å². The average Bonchev–Trinajstić information content (AvgIpc) is 2.29. The van der Waals surface area contributed by atoms with Gasteiger partial charge >= 0.3 is 0 Å². The van der Waals surface area contributed by atoms with Gasteiger partial charge in [-0.15, -0.1) is 0 Å². The normalized spacial score (nSPS) is 10.9. The number of benzene rings is 1. The predicted molar refractivity (Wildman–Crippen MR) is 58.2 cm³/mol. The summed E-state index contributed by atoms with van der Waals surface area (Å²) in [5, 5.41) is 5.63. The van der Waals surface area contributed by atoms with Crippen LogP contribution in [0.2, 0.25) is 0 Å². The second kappa shape index (κ2) is 2.73. The molecule has 0 aliphatic rings. The molecule has 2 nitrogen and oxygen atoms in total. The van der Waals surface area contributed by atoms with Gasteiger partial charge in [0.2, 0.25) is 0 Å². The average molecular weight is 272 g/mol. The third-order valence-electron chi connectivity index (χ3n) is 2.04. The zero-order valence-electron chi connectivity index (χ0n) is 7.00. The number of fused-ring (bicyclic) bond motifs is 1. The Labute approximate surface area is 84.7 Å². The molecule has 0 fully saturated rings. The largest absolute Gasteiger partial charge is 0.267 e. The van der Waals surface area contributed by atoms with E-state index < -0.39 is 0 Å². The predicted octanol–water partition coefficient (Wildman–Crippen LogP) is 2.49. The van der Waals surface area contributed by atoms with Gasteiger partial charge in [-0.3, -0.25) is 4.68 Å². The summed E-state index contributed by atoms with van der Waals surface area (Å²) in [6.07, 6.45) is 0. The highest BCUT2D eigenvalue weighted by molar-refractivity contribution is 14.1. The van der Waals surface area contributed by atoms with Gasteiger partial charge in [-0.2, -0.15) is 5.10 Å². The molecule has 0 saturated heterocycles. The quantitative estimate of drug-likeness (QED) is 0.674. The fraction of sp³-hybridized carbons (Fsp3) is 0.222. The maximum atomic E-state index is 4.35. The molecule has 0 saturated carbocycles. The second-order valence-electron chi connectivity index (χ2n) is 2.88. The van der Waals surface area contributed by atoms with Crippen molar-refractivity contribution in [1.82, 2.24) is 9.78 Å². The Morgan fingerprint density at radius 2 is 2.17 bits per heavy atom. The molecule has 2 rings (SSSR count). The van der Waals surface area contributed by atoms with Gasteiger partial charge in [-0.25, -0.2) is 0 Å². The minimum atomic E-state index is 1.09. The number of rotatable bonds is 0. The van der Waals surface area contributed by atoms with E-state index in [9.17, 15) is 0 Å². The second-order valence-corrected chi connectivity index (χ2v) is 3.91. The molecule has 0 bridgehead atoms. The molecule has 0 N–H and O–H groups in total. The molecule has 12 heavy (non-hydrogen) atoms. The van der Waals surface area contributed by atoms with Crippen LogP contribution in [0.3, 0.4) is 0 Å². The SMILES string of the molecule is Cc1cccc2c1c(I)nn2C. The van der Waals surface area contributed by atoms with Gasteiger partial charge < -0.3 is 0 Å². The molecule has 0 amide bonds. The van der Waals surface area contributed by atoms with Crippen molar-refractivity contribution < 1.29 is 0 Å². The minimum absolute atomic E-state index is 1.09. The molecule has 1 aromatic carbocycles. The summed E-state index contributed by atoms with van der Waals surface area (Å²) in [5.74, 6) is 0. The van der Waals surface area contributed by atoms with Gasteiger partial charge in [0.25, 0.3) is 0 Å². The van der Waals surface area contributed by atoms with Gasteiger partial charge in [-0.05, 0) is 41.1 Å². The smallest absolute Gasteiger partial charge is 0.131 e. The van der Waals surface area contributed by atoms with Crippen molar-refractivity contribution in [2.75, 3.05) is 0 Å². The lowest BCUT2D eigenvalue weighted by Crippen LogP contribution is -1.88. The lowest BCUT2D eigenvalue weighted by Gasteiger charge is -1.95. The Kier molecular flexibility index (Phi) is 1.83. The van der Waals surface area contributed by atoms with Gasteiger partial charge in [-0.1, -0.05) is 12.1 Å². The van der Waals surface area contributed by atoms with Crippen LogP contribution in [0.5, 0.6) is 0 Å². The van der Waals surface area contributed by atoms with Gasteiger partial charge in [0.1, 0.15) is 3.70 Å². The monoisotopic (exact) mass is 272 g/mol. The summed E-state index contributed by atoms with van der Waals surface area (Å²) >= 11 is 2.27. The zero-order chi connectivity index (χ0) is 8.72. The summed E-state index contributed by atoms with van der Waals surface area (Å²) in [7, 11) is 1.98. The highest BCUT2D eigenvalue weighted by atomic mass is 127. The maximum absolute atomic E-state index is 4.35. The first kappa shape index (κ1) is 8.04. The minimum Gasteiger partial charge on any atom is -0.267 e. The fourth-order valence-corrected chi connectivity index (χ4v) is 2.45. The van der Waals surface area contributed by atoms with E-state index in [4.69, 9.17) is 0 Å². The van der Waals surface area contributed by atoms with Gasteiger partial charge in [0, 0.05) is 12.4 Å². The van der Waals surface area contributed by atoms with E-state index in [1.165, 1.54) is 16.5 Å². The van der Waals surface area contributed by atoms with Crippen LogP contribution in [0.25, 0.3) is 10.9 Å². The fourth-order valence-electron chi connectivity index (χ4n) is 1.43. The van der Waals surface area contributed by atoms with Crippen molar-refractivity contribution in [3.05, 3.63) is 27.5 Å². The zero-order valence-corrected chi connectivity index (χ0v) is 9.16. The van der Waals surface area contributed by atoms with Crippen LogP contribution < -0.4 is 0 Å². The van der Waals surface area contributed by atoms with Crippen molar-refractivity contribution >= 4 is 33.5 Å². The molecule has 0 spiro atoms. The van der Waals surface area contributed by atoms with E-state index in [1.54, 1.807) is 0 Å². The Morgan fingerprint density at radius 3 is 2.83 bits per heavy atom. The topological polar surface area (TPSA) is 17.8 Å². The van der Waals surface area contributed by atoms with E-state index in [2.05, 4.69) is 52.8 Å². The molecule has 0 aliphatic heterocycles. The molecule has 0 unspecified atom stereocenters. The van der Waals surface area contributed by atoms with Crippen LogP contribution >= 0.6 is 22.6 Å². The summed E-state index contributed by atoms with van der Waals surface area (Å²) < 4.78 is 3.01. The first-order valence-corrected chi connectivity index (χ1v) is 4.86. The van der Waals surface area contributed by atoms with Crippen molar-refractivity contribution in [2.45, 2.75) is 6.92 Å². The first-order valence-electron chi connectivity index (χ1n) is 3.78. The summed E-state index contributed by atoms with van der Waals surface area (Å²) in [6, 6.07) is 6.28. The van der Waals surface area contributed by atoms with Gasteiger partial charge in [0.15, 0.2) is 0 Å². The molecule has 0 aliphatic carbocycles. The summed E-state index contributed by atoms with van der Waals surface area (Å²) in [6.45, 7) is 2.12. The van der Waals surface area contributed by atoms with Crippen LogP contribution in [0.15, 0.2) is 18.2 Å². The molecule has 1 aromatic heterocycles. The third kappa shape index (κ3) is 1.03. The van der Waals surface area contributed by atoms with E-state index in [0.29, 0.717) is 0 Å². The van der Waals surface area contributed by atoms with E-state index in [1.807, 2.05) is 11.7 Å². The van der Waals surface area contributed by atoms with E-state index in [0.717, 1.165) is 3.70 Å². The van der Waals surface area contributed by atoms with Crippen molar-refractivity contribution in [2.24, 2.45) is 7.05 Å². The Balaban J connectivity index is 2.99. The van der Waals surface area contributed by atoms with Gasteiger partial charge in [0.05, 0.1) is 5.52 Å². The van der Waals surface area contributed by atoms with Crippen LogP contribution in [-0.4, -0.2) is 9.78 Å². The van der Waals surface area contributed by atoms with Crippen molar-refractivity contribution in [3.63, 3.8) is 0 Å². The molecule has 3 heteroatoms. The summed E-state index contributed by atoms with van der Waals surface area (Å²) in [5.41, 5.74) is 2.50. The molecule has 0 radical (unpaired) electrons.